The Morgan fingerprint density at radius 3 is 2.48 bits per heavy atom. The molecule has 4 rings (SSSR count). The standard InChI is InChI=1S/C25H25FN2O4S/c1-28(33(30,31)22-15-9-19(26)10-16-22)20-11-13-21(14-12-20)32-17-25(29)27-24-8-4-6-18-5-2-3-7-23(18)24/h2-3,5,7,9-16,24H,4,6,8,17H2,1H3,(H,27,29)/t24-/m1/s1. The lowest BCUT2D eigenvalue weighted by molar-refractivity contribution is -0.123. The molecule has 33 heavy (non-hydrogen) atoms. The summed E-state index contributed by atoms with van der Waals surface area (Å²) in [6.45, 7) is -0.137. The number of benzene rings is 3. The van der Waals surface area contributed by atoms with E-state index in [1.165, 1.54) is 24.7 Å². The number of halogens is 1. The zero-order valence-electron chi connectivity index (χ0n) is 18.2. The van der Waals surface area contributed by atoms with Gasteiger partial charge in [-0.05, 0) is 78.9 Å². The van der Waals surface area contributed by atoms with E-state index in [1.54, 1.807) is 24.3 Å². The first-order valence-electron chi connectivity index (χ1n) is 10.7. The number of aryl methyl sites for hydroxylation is 1. The summed E-state index contributed by atoms with van der Waals surface area (Å²) in [5.74, 6) is -0.267. The second-order valence-electron chi connectivity index (χ2n) is 7.92. The van der Waals surface area contributed by atoms with Crippen molar-refractivity contribution in [3.8, 4) is 5.75 Å². The van der Waals surface area contributed by atoms with E-state index >= 15 is 0 Å². The van der Waals surface area contributed by atoms with Crippen LogP contribution in [0, 0.1) is 5.82 Å². The summed E-state index contributed by atoms with van der Waals surface area (Å²) in [4.78, 5) is 12.4. The molecule has 0 heterocycles. The van der Waals surface area contributed by atoms with Crippen molar-refractivity contribution in [2.24, 2.45) is 0 Å². The Morgan fingerprint density at radius 2 is 1.76 bits per heavy atom. The van der Waals surface area contributed by atoms with Crippen molar-refractivity contribution >= 4 is 21.6 Å². The molecule has 3 aromatic carbocycles. The maximum atomic E-state index is 13.1. The molecule has 0 saturated carbocycles. The van der Waals surface area contributed by atoms with Crippen LogP contribution >= 0.6 is 0 Å². The van der Waals surface area contributed by atoms with Crippen LogP contribution in [0.3, 0.4) is 0 Å². The molecule has 0 aromatic heterocycles. The zero-order chi connectivity index (χ0) is 23.4. The van der Waals surface area contributed by atoms with E-state index < -0.39 is 15.8 Å². The van der Waals surface area contributed by atoms with Crippen LogP contribution in [-0.4, -0.2) is 28.0 Å². The Kier molecular flexibility index (Phi) is 6.65. The van der Waals surface area contributed by atoms with E-state index in [1.807, 2.05) is 12.1 Å². The first-order valence-corrected chi connectivity index (χ1v) is 12.1. The monoisotopic (exact) mass is 468 g/mol. The van der Waals surface area contributed by atoms with Crippen molar-refractivity contribution in [1.82, 2.24) is 5.32 Å². The fourth-order valence-electron chi connectivity index (χ4n) is 3.94. The highest BCUT2D eigenvalue weighted by Gasteiger charge is 2.22. The topological polar surface area (TPSA) is 75.7 Å². The third-order valence-corrected chi connectivity index (χ3v) is 7.55. The molecular weight excluding hydrogens is 443 g/mol. The molecule has 1 atom stereocenters. The van der Waals surface area contributed by atoms with Gasteiger partial charge >= 0.3 is 0 Å². The van der Waals surface area contributed by atoms with Crippen molar-refractivity contribution < 1.29 is 22.3 Å². The molecule has 1 N–H and O–H groups in total. The van der Waals surface area contributed by atoms with Crippen molar-refractivity contribution in [1.29, 1.82) is 0 Å². The second-order valence-corrected chi connectivity index (χ2v) is 9.89. The van der Waals surface area contributed by atoms with Gasteiger partial charge in [0.25, 0.3) is 15.9 Å². The molecule has 172 valence electrons. The Hall–Kier alpha value is -3.39. The summed E-state index contributed by atoms with van der Waals surface area (Å²) in [7, 11) is -2.41. The molecule has 0 fully saturated rings. The molecule has 0 aliphatic heterocycles. The Labute approximate surface area is 193 Å². The predicted molar refractivity (Wildman–Crippen MR) is 124 cm³/mol. The van der Waals surface area contributed by atoms with Gasteiger partial charge in [0.15, 0.2) is 6.61 Å². The molecule has 1 amide bonds. The molecule has 0 radical (unpaired) electrons. The van der Waals surface area contributed by atoms with Crippen LogP contribution in [0.5, 0.6) is 5.75 Å². The van der Waals surface area contributed by atoms with Crippen LogP contribution in [0.1, 0.15) is 30.0 Å². The summed E-state index contributed by atoms with van der Waals surface area (Å²) in [6.07, 6.45) is 2.95. The number of rotatable bonds is 7. The lowest BCUT2D eigenvalue weighted by Crippen LogP contribution is -2.34. The number of hydrogen-bond acceptors (Lipinski definition) is 4. The normalized spacial score (nSPS) is 15.4. The van der Waals surface area contributed by atoms with Crippen LogP contribution in [0.15, 0.2) is 77.7 Å². The molecule has 0 saturated heterocycles. The number of carbonyl (C=O) groups is 1. The largest absolute Gasteiger partial charge is 0.484 e. The fourth-order valence-corrected chi connectivity index (χ4v) is 5.14. The van der Waals surface area contributed by atoms with Gasteiger partial charge in [0.2, 0.25) is 0 Å². The molecule has 8 heteroatoms. The maximum absolute atomic E-state index is 13.1. The first-order chi connectivity index (χ1) is 15.8. The lowest BCUT2D eigenvalue weighted by atomic mass is 9.88. The predicted octanol–water partition coefficient (Wildman–Crippen LogP) is 4.22. The van der Waals surface area contributed by atoms with Gasteiger partial charge in [-0.3, -0.25) is 9.10 Å². The van der Waals surface area contributed by atoms with Crippen molar-refractivity contribution in [2.45, 2.75) is 30.2 Å². The zero-order valence-corrected chi connectivity index (χ0v) is 19.0. The third kappa shape index (κ3) is 5.17. The van der Waals surface area contributed by atoms with Crippen molar-refractivity contribution in [3.63, 3.8) is 0 Å². The summed E-state index contributed by atoms with van der Waals surface area (Å²) in [6, 6.07) is 19.2. The lowest BCUT2D eigenvalue weighted by Gasteiger charge is -2.26. The quantitative estimate of drug-likeness (QED) is 0.563. The van der Waals surface area contributed by atoms with Crippen LogP contribution in [0.2, 0.25) is 0 Å². The molecule has 0 bridgehead atoms. The minimum absolute atomic E-state index is 0.00677. The molecule has 1 aliphatic carbocycles. The van der Waals surface area contributed by atoms with Crippen LogP contribution in [-0.2, 0) is 21.2 Å². The molecule has 6 nitrogen and oxygen atoms in total. The number of nitrogens with zero attached hydrogens (tertiary/aromatic N) is 1. The highest BCUT2D eigenvalue weighted by atomic mass is 32.2. The molecule has 3 aromatic rings. The van der Waals surface area contributed by atoms with Crippen LogP contribution in [0.25, 0.3) is 0 Å². The molecular formula is C25H25FN2O4S. The Balaban J connectivity index is 1.35. The second kappa shape index (κ2) is 9.62. The van der Waals surface area contributed by atoms with Gasteiger partial charge in [0.1, 0.15) is 11.6 Å². The van der Waals surface area contributed by atoms with Gasteiger partial charge in [-0.25, -0.2) is 12.8 Å². The number of carbonyl (C=O) groups excluding carboxylic acids is 1. The van der Waals surface area contributed by atoms with Gasteiger partial charge in [0, 0.05) is 7.05 Å². The fraction of sp³-hybridized carbons (Fsp3) is 0.240. The van der Waals surface area contributed by atoms with Gasteiger partial charge in [0.05, 0.1) is 16.6 Å². The van der Waals surface area contributed by atoms with E-state index in [0.29, 0.717) is 11.4 Å². The Morgan fingerprint density at radius 1 is 1.06 bits per heavy atom. The van der Waals surface area contributed by atoms with Gasteiger partial charge < -0.3 is 10.1 Å². The minimum atomic E-state index is -3.83. The molecule has 0 unspecified atom stereocenters. The van der Waals surface area contributed by atoms with Gasteiger partial charge in [-0.2, -0.15) is 0 Å². The molecule has 1 aliphatic rings. The van der Waals surface area contributed by atoms with Gasteiger partial charge in [-0.15, -0.1) is 0 Å². The highest BCUT2D eigenvalue weighted by molar-refractivity contribution is 7.92. The average molecular weight is 469 g/mol. The summed E-state index contributed by atoms with van der Waals surface area (Å²) >= 11 is 0. The Bertz CT molecular complexity index is 1230. The average Bonchev–Trinajstić information content (AvgIpc) is 2.83. The highest BCUT2D eigenvalue weighted by Crippen LogP contribution is 2.29. The SMILES string of the molecule is CN(c1ccc(OCC(=O)N[C@@H]2CCCc3ccccc32)cc1)S(=O)(=O)c1ccc(F)cc1. The maximum Gasteiger partial charge on any atom is 0.264 e. The van der Waals surface area contributed by atoms with E-state index in [0.717, 1.165) is 41.3 Å². The summed E-state index contributed by atoms with van der Waals surface area (Å²) < 4.78 is 45.3. The number of anilines is 1. The first kappa shape index (κ1) is 22.8. The number of amides is 1. The number of fused-ring (bicyclic) bond motifs is 1. The third-order valence-electron chi connectivity index (χ3n) is 5.75. The van der Waals surface area contributed by atoms with E-state index in [-0.39, 0.29) is 23.5 Å². The smallest absolute Gasteiger partial charge is 0.264 e. The van der Waals surface area contributed by atoms with Crippen molar-refractivity contribution in [3.05, 3.63) is 89.7 Å². The minimum Gasteiger partial charge on any atom is -0.484 e. The van der Waals surface area contributed by atoms with Crippen LogP contribution < -0.4 is 14.4 Å². The van der Waals surface area contributed by atoms with E-state index in [4.69, 9.17) is 4.74 Å². The number of hydrogen-bond donors (Lipinski definition) is 1. The number of ether oxygens (including phenoxy) is 1. The summed E-state index contributed by atoms with van der Waals surface area (Å²) in [5, 5.41) is 3.04. The number of nitrogens with one attached hydrogen (secondary N) is 1. The van der Waals surface area contributed by atoms with E-state index in [2.05, 4.69) is 17.4 Å². The molecule has 0 spiro atoms. The van der Waals surface area contributed by atoms with Crippen LogP contribution in [0.4, 0.5) is 10.1 Å². The van der Waals surface area contributed by atoms with Gasteiger partial charge in [-0.1, -0.05) is 24.3 Å². The van der Waals surface area contributed by atoms with E-state index in [9.17, 15) is 17.6 Å². The van der Waals surface area contributed by atoms with Crippen molar-refractivity contribution in [2.75, 3.05) is 18.0 Å². The summed E-state index contributed by atoms with van der Waals surface area (Å²) in [5.41, 5.74) is 2.84. The number of sulfonamides is 1.